The van der Waals surface area contributed by atoms with Gasteiger partial charge in [0.1, 0.15) is 6.61 Å². The van der Waals surface area contributed by atoms with Gasteiger partial charge >= 0.3 is 0 Å². The number of rotatable bonds is 8. The van der Waals surface area contributed by atoms with Gasteiger partial charge < -0.3 is 10.1 Å². The molecule has 0 aliphatic carbocycles. The van der Waals surface area contributed by atoms with Gasteiger partial charge in [0.05, 0.1) is 0 Å². The summed E-state index contributed by atoms with van der Waals surface area (Å²) in [7, 11) is 1.89. The Balaban J connectivity index is 2.45. The van der Waals surface area contributed by atoms with Crippen molar-refractivity contribution in [2.45, 2.75) is 39.2 Å². The fourth-order valence-electron chi connectivity index (χ4n) is 2.03. The monoisotopic (exact) mass is 271 g/mol. The van der Waals surface area contributed by atoms with E-state index in [0.717, 1.165) is 12.8 Å². The van der Waals surface area contributed by atoms with Gasteiger partial charge in [-0.15, -0.1) is 0 Å². The van der Waals surface area contributed by atoms with E-state index < -0.39 is 13.0 Å². The van der Waals surface area contributed by atoms with E-state index in [0.29, 0.717) is 6.61 Å². The van der Waals surface area contributed by atoms with Crippen LogP contribution in [0.4, 0.5) is 8.78 Å². The molecule has 0 aliphatic heterocycles. The summed E-state index contributed by atoms with van der Waals surface area (Å²) >= 11 is 0. The first kappa shape index (κ1) is 16.1. The van der Waals surface area contributed by atoms with Gasteiger partial charge in [-0.1, -0.05) is 23.8 Å². The van der Waals surface area contributed by atoms with Crippen molar-refractivity contribution in [1.29, 1.82) is 0 Å². The molecule has 19 heavy (non-hydrogen) atoms. The second-order valence-corrected chi connectivity index (χ2v) is 4.87. The molecule has 0 saturated heterocycles. The number of benzene rings is 1. The first-order valence-electron chi connectivity index (χ1n) is 6.62. The number of hydrogen-bond acceptors (Lipinski definition) is 2. The number of hydrogen-bond donors (Lipinski definition) is 1. The van der Waals surface area contributed by atoms with Crippen LogP contribution in [0.2, 0.25) is 0 Å². The molecule has 0 aromatic heterocycles. The lowest BCUT2D eigenvalue weighted by Gasteiger charge is -2.18. The second kappa shape index (κ2) is 8.23. The first-order chi connectivity index (χ1) is 9.02. The molecule has 0 aliphatic rings. The molecule has 0 saturated carbocycles. The summed E-state index contributed by atoms with van der Waals surface area (Å²) in [5, 5.41) is 3.22. The number of aryl methyl sites for hydroxylation is 2. The molecule has 0 spiro atoms. The molecule has 1 aromatic carbocycles. The Morgan fingerprint density at radius 2 is 2.00 bits per heavy atom. The van der Waals surface area contributed by atoms with Crippen LogP contribution in [0.15, 0.2) is 18.2 Å². The highest BCUT2D eigenvalue weighted by Crippen LogP contribution is 2.14. The molecule has 0 bridgehead atoms. The van der Waals surface area contributed by atoms with E-state index in [1.807, 2.05) is 7.05 Å². The number of alkyl halides is 2. The highest BCUT2D eigenvalue weighted by atomic mass is 19.3. The third-order valence-electron chi connectivity index (χ3n) is 3.23. The van der Waals surface area contributed by atoms with Crippen molar-refractivity contribution in [2.75, 3.05) is 20.3 Å². The molecule has 0 fully saturated rings. The van der Waals surface area contributed by atoms with E-state index in [-0.39, 0.29) is 6.04 Å². The highest BCUT2D eigenvalue weighted by molar-refractivity contribution is 5.31. The molecule has 4 heteroatoms. The zero-order chi connectivity index (χ0) is 14.3. The lowest BCUT2D eigenvalue weighted by molar-refractivity contribution is 0.0146. The maximum atomic E-state index is 11.9. The SMILES string of the molecule is CNC(CCOCC(F)F)Cc1cc(C)ccc1C. The summed E-state index contributed by atoms with van der Waals surface area (Å²) in [6.07, 6.45) is -0.759. The Morgan fingerprint density at radius 3 is 2.63 bits per heavy atom. The van der Waals surface area contributed by atoms with Gasteiger partial charge in [0, 0.05) is 12.6 Å². The minimum absolute atomic E-state index is 0.248. The third kappa shape index (κ3) is 6.12. The van der Waals surface area contributed by atoms with Crippen LogP contribution >= 0.6 is 0 Å². The van der Waals surface area contributed by atoms with Crippen LogP contribution in [-0.4, -0.2) is 32.7 Å². The summed E-state index contributed by atoms with van der Waals surface area (Å²) in [6, 6.07) is 6.64. The maximum Gasteiger partial charge on any atom is 0.261 e. The lowest BCUT2D eigenvalue weighted by atomic mass is 9.98. The van der Waals surface area contributed by atoms with E-state index in [1.165, 1.54) is 16.7 Å². The Labute approximate surface area is 114 Å². The molecule has 1 rings (SSSR count). The molecule has 0 heterocycles. The summed E-state index contributed by atoms with van der Waals surface area (Å²) in [5.41, 5.74) is 3.80. The summed E-state index contributed by atoms with van der Waals surface area (Å²) < 4.78 is 28.8. The fraction of sp³-hybridized carbons (Fsp3) is 0.600. The van der Waals surface area contributed by atoms with Crippen molar-refractivity contribution >= 4 is 0 Å². The number of ether oxygens (including phenoxy) is 1. The van der Waals surface area contributed by atoms with Gasteiger partial charge in [-0.3, -0.25) is 0 Å². The van der Waals surface area contributed by atoms with Crippen molar-refractivity contribution < 1.29 is 13.5 Å². The fourth-order valence-corrected chi connectivity index (χ4v) is 2.03. The van der Waals surface area contributed by atoms with Crippen LogP contribution in [0.5, 0.6) is 0 Å². The molecule has 1 N–H and O–H groups in total. The average Bonchev–Trinajstić information content (AvgIpc) is 2.37. The number of nitrogens with one attached hydrogen (secondary N) is 1. The van der Waals surface area contributed by atoms with Gasteiger partial charge in [-0.25, -0.2) is 8.78 Å². The lowest BCUT2D eigenvalue weighted by Crippen LogP contribution is -2.29. The highest BCUT2D eigenvalue weighted by Gasteiger charge is 2.10. The summed E-state index contributed by atoms with van der Waals surface area (Å²) in [5.74, 6) is 0. The van der Waals surface area contributed by atoms with Crippen LogP contribution in [-0.2, 0) is 11.2 Å². The minimum atomic E-state index is -2.38. The third-order valence-corrected chi connectivity index (χ3v) is 3.23. The van der Waals surface area contributed by atoms with E-state index in [2.05, 4.69) is 37.4 Å². The molecular formula is C15H23F2NO. The molecule has 2 nitrogen and oxygen atoms in total. The number of halogens is 2. The van der Waals surface area contributed by atoms with Crippen LogP contribution in [0.1, 0.15) is 23.1 Å². The molecular weight excluding hydrogens is 248 g/mol. The quantitative estimate of drug-likeness (QED) is 0.734. The Bertz CT molecular complexity index is 382. The van der Waals surface area contributed by atoms with Crippen molar-refractivity contribution in [3.63, 3.8) is 0 Å². The molecule has 0 amide bonds. The Morgan fingerprint density at radius 1 is 1.26 bits per heavy atom. The van der Waals surface area contributed by atoms with Crippen molar-refractivity contribution in [3.05, 3.63) is 34.9 Å². The Hall–Kier alpha value is -1.00. The smallest absolute Gasteiger partial charge is 0.261 e. The second-order valence-electron chi connectivity index (χ2n) is 4.87. The van der Waals surface area contributed by atoms with Crippen LogP contribution in [0, 0.1) is 13.8 Å². The maximum absolute atomic E-state index is 11.9. The number of likely N-dealkylation sites (N-methyl/N-ethyl adjacent to an activating group) is 1. The molecule has 1 aromatic rings. The summed E-state index contributed by atoms with van der Waals surface area (Å²) in [4.78, 5) is 0. The van der Waals surface area contributed by atoms with E-state index in [4.69, 9.17) is 4.74 Å². The van der Waals surface area contributed by atoms with E-state index in [9.17, 15) is 8.78 Å². The Kier molecular flexibility index (Phi) is 6.95. The van der Waals surface area contributed by atoms with E-state index in [1.54, 1.807) is 0 Å². The van der Waals surface area contributed by atoms with E-state index >= 15 is 0 Å². The largest absolute Gasteiger partial charge is 0.375 e. The average molecular weight is 271 g/mol. The molecule has 0 radical (unpaired) electrons. The van der Waals surface area contributed by atoms with Crippen LogP contribution < -0.4 is 5.32 Å². The van der Waals surface area contributed by atoms with Crippen molar-refractivity contribution in [2.24, 2.45) is 0 Å². The summed E-state index contributed by atoms with van der Waals surface area (Å²) in [6.45, 7) is 4.05. The van der Waals surface area contributed by atoms with Gasteiger partial charge in [-0.05, 0) is 44.9 Å². The molecule has 108 valence electrons. The van der Waals surface area contributed by atoms with Gasteiger partial charge in [0.25, 0.3) is 6.43 Å². The van der Waals surface area contributed by atoms with Gasteiger partial charge in [0.2, 0.25) is 0 Å². The van der Waals surface area contributed by atoms with Gasteiger partial charge in [0.15, 0.2) is 0 Å². The van der Waals surface area contributed by atoms with Crippen molar-refractivity contribution in [3.8, 4) is 0 Å². The van der Waals surface area contributed by atoms with Crippen LogP contribution in [0.3, 0.4) is 0 Å². The van der Waals surface area contributed by atoms with Crippen LogP contribution in [0.25, 0.3) is 0 Å². The topological polar surface area (TPSA) is 21.3 Å². The molecule has 1 atom stereocenters. The standard InChI is InChI=1S/C15H23F2NO/c1-11-4-5-12(2)13(8-11)9-14(18-3)6-7-19-10-15(16)17/h4-5,8,14-15,18H,6-7,9-10H2,1-3H3. The predicted molar refractivity (Wildman–Crippen MR) is 73.9 cm³/mol. The zero-order valence-electron chi connectivity index (χ0n) is 11.9. The first-order valence-corrected chi connectivity index (χ1v) is 6.62. The van der Waals surface area contributed by atoms with Gasteiger partial charge in [-0.2, -0.15) is 0 Å². The predicted octanol–water partition coefficient (Wildman–Crippen LogP) is 3.11. The normalized spacial score (nSPS) is 12.9. The molecule has 1 unspecified atom stereocenters. The van der Waals surface area contributed by atoms with Crippen molar-refractivity contribution in [1.82, 2.24) is 5.32 Å². The minimum Gasteiger partial charge on any atom is -0.375 e. The zero-order valence-corrected chi connectivity index (χ0v) is 11.9.